The lowest BCUT2D eigenvalue weighted by atomic mass is 10.2. The van der Waals surface area contributed by atoms with Crippen molar-refractivity contribution >= 4 is 29.1 Å². The van der Waals surface area contributed by atoms with Gasteiger partial charge in [0.2, 0.25) is 0 Å². The number of carboxylic acids is 2. The molecule has 0 bridgehead atoms. The number of carbonyl (C=O) groups excluding carboxylic acids is 1. The molecule has 1 rings (SSSR count). The smallest absolute Gasteiger partial charge is 0.328 e. The van der Waals surface area contributed by atoms with Crippen LogP contribution >= 0.6 is 0 Å². The van der Waals surface area contributed by atoms with Crippen molar-refractivity contribution < 1.29 is 29.1 Å². The predicted octanol–water partition coefficient (Wildman–Crippen LogP) is 2.41. The van der Waals surface area contributed by atoms with Crippen molar-refractivity contribution in [3.8, 4) is 0 Å². The van der Waals surface area contributed by atoms with E-state index in [1.165, 1.54) is 0 Å². The molecule has 1 atom stereocenters. The van der Waals surface area contributed by atoms with Gasteiger partial charge in [0, 0.05) is 36.8 Å². The summed E-state index contributed by atoms with van der Waals surface area (Å²) >= 11 is -0.970. The summed E-state index contributed by atoms with van der Waals surface area (Å²) in [7, 11) is 0. The monoisotopic (exact) mass is 483 g/mol. The van der Waals surface area contributed by atoms with E-state index in [9.17, 15) is 18.9 Å². The number of urea groups is 1. The van der Waals surface area contributed by atoms with Crippen molar-refractivity contribution in [1.29, 1.82) is 0 Å². The minimum Gasteiger partial charge on any atom is -0.616 e. The van der Waals surface area contributed by atoms with Crippen LogP contribution < -0.4 is 5.32 Å². The van der Waals surface area contributed by atoms with Crippen molar-refractivity contribution in [2.45, 2.75) is 39.5 Å². The van der Waals surface area contributed by atoms with Crippen molar-refractivity contribution in [2.24, 2.45) is 0 Å². The van der Waals surface area contributed by atoms with Crippen LogP contribution in [0.3, 0.4) is 0 Å². The van der Waals surface area contributed by atoms with Gasteiger partial charge < -0.3 is 29.9 Å². The molecule has 0 aromatic heterocycles. The standard InChI is InChI=1S/C19H33N3O2S.C4H4O4/c1-5-21(6-2)13-12-20-19(23)22(17(3)4)14-15-25(24)16-18-10-8-7-9-11-18;5-3(6)1-2-4(7)8/h7-11,17H,5-6,12-16H2,1-4H3,(H,20,23);1-2H,(H,5,6)(H,7,8). The number of nitrogens with zero attached hydrogens (tertiary/aromatic N) is 2. The minimum atomic E-state index is -1.26. The third kappa shape index (κ3) is 15.8. The Labute approximate surface area is 199 Å². The second-order valence-electron chi connectivity index (χ2n) is 7.33. The lowest BCUT2D eigenvalue weighted by molar-refractivity contribution is -0.134. The number of nitrogens with one attached hydrogen (secondary N) is 1. The predicted molar refractivity (Wildman–Crippen MR) is 131 cm³/mol. The second kappa shape index (κ2) is 17.9. The number of amides is 2. The molecule has 9 nitrogen and oxygen atoms in total. The van der Waals surface area contributed by atoms with Crippen LogP contribution in [0.2, 0.25) is 0 Å². The summed E-state index contributed by atoms with van der Waals surface area (Å²) in [5.74, 6) is -1.48. The van der Waals surface area contributed by atoms with Crippen LogP contribution in [-0.4, -0.2) is 87.1 Å². The summed E-state index contributed by atoms with van der Waals surface area (Å²) in [6, 6.07) is 9.85. The van der Waals surface area contributed by atoms with Gasteiger partial charge in [0.15, 0.2) is 0 Å². The van der Waals surface area contributed by atoms with Crippen molar-refractivity contribution in [3.05, 3.63) is 48.0 Å². The lowest BCUT2D eigenvalue weighted by Gasteiger charge is -2.28. The van der Waals surface area contributed by atoms with E-state index >= 15 is 0 Å². The fraction of sp³-hybridized carbons (Fsp3) is 0.522. The zero-order valence-electron chi connectivity index (χ0n) is 19.9. The molecule has 33 heavy (non-hydrogen) atoms. The quantitative estimate of drug-likeness (QED) is 0.290. The van der Waals surface area contributed by atoms with Crippen LogP contribution in [0.5, 0.6) is 0 Å². The van der Waals surface area contributed by atoms with Gasteiger partial charge in [-0.1, -0.05) is 44.2 Å². The topological polar surface area (TPSA) is 133 Å². The molecule has 0 saturated heterocycles. The van der Waals surface area contributed by atoms with Crippen molar-refractivity contribution in [2.75, 3.05) is 38.5 Å². The van der Waals surface area contributed by atoms with E-state index in [0.717, 1.165) is 25.2 Å². The molecule has 1 aromatic rings. The Kier molecular flexibility index (Phi) is 16.5. The second-order valence-corrected chi connectivity index (χ2v) is 8.91. The molecule has 1 unspecified atom stereocenters. The molecule has 0 radical (unpaired) electrons. The van der Waals surface area contributed by atoms with Crippen LogP contribution in [-0.2, 0) is 26.5 Å². The molecular weight excluding hydrogens is 446 g/mol. The van der Waals surface area contributed by atoms with Gasteiger partial charge in [0.25, 0.3) is 0 Å². The number of hydrogen-bond acceptors (Lipinski definition) is 5. The molecule has 3 N–H and O–H groups in total. The Morgan fingerprint density at radius 1 is 1.03 bits per heavy atom. The molecule has 0 saturated carbocycles. The molecule has 0 fully saturated rings. The lowest BCUT2D eigenvalue weighted by Crippen LogP contribution is -2.47. The summed E-state index contributed by atoms with van der Waals surface area (Å²) < 4.78 is 12.3. The van der Waals surface area contributed by atoms with E-state index in [1.807, 2.05) is 44.2 Å². The number of benzene rings is 1. The Balaban J connectivity index is 0.00000109. The normalized spacial score (nSPS) is 11.7. The third-order valence-corrected chi connectivity index (χ3v) is 5.87. The van der Waals surface area contributed by atoms with Crippen molar-refractivity contribution in [1.82, 2.24) is 15.1 Å². The fourth-order valence-electron chi connectivity index (χ4n) is 2.73. The summed E-state index contributed by atoms with van der Waals surface area (Å²) in [5, 5.41) is 18.6. The number of hydrogen-bond donors (Lipinski definition) is 3. The summed E-state index contributed by atoms with van der Waals surface area (Å²) in [4.78, 5) is 35.6. The van der Waals surface area contributed by atoms with Gasteiger partial charge in [-0.25, -0.2) is 14.4 Å². The van der Waals surface area contributed by atoms with Crippen LogP contribution in [0.15, 0.2) is 42.5 Å². The highest BCUT2D eigenvalue weighted by atomic mass is 32.2. The van der Waals surface area contributed by atoms with Gasteiger partial charge in [-0.3, -0.25) is 0 Å². The molecule has 0 aliphatic carbocycles. The van der Waals surface area contributed by atoms with Crippen LogP contribution in [0.25, 0.3) is 0 Å². The number of carbonyl (C=O) groups is 3. The van der Waals surface area contributed by atoms with Crippen LogP contribution in [0.4, 0.5) is 4.79 Å². The largest absolute Gasteiger partial charge is 0.616 e. The van der Waals surface area contributed by atoms with Gasteiger partial charge in [-0.05, 0) is 38.1 Å². The molecule has 186 valence electrons. The van der Waals surface area contributed by atoms with Crippen molar-refractivity contribution in [3.63, 3.8) is 0 Å². The molecule has 0 aliphatic rings. The van der Waals surface area contributed by atoms with Gasteiger partial charge in [-0.2, -0.15) is 0 Å². The molecule has 0 spiro atoms. The number of carboxylic acid groups (broad SMARTS) is 2. The van der Waals surface area contributed by atoms with Crippen LogP contribution in [0, 0.1) is 0 Å². The zero-order valence-corrected chi connectivity index (χ0v) is 20.7. The number of rotatable bonds is 13. The van der Waals surface area contributed by atoms with Gasteiger partial charge in [-0.15, -0.1) is 0 Å². The average molecular weight is 484 g/mol. The van der Waals surface area contributed by atoms with E-state index in [2.05, 4.69) is 24.1 Å². The Morgan fingerprint density at radius 3 is 2.03 bits per heavy atom. The molecule has 2 amide bonds. The highest BCUT2D eigenvalue weighted by molar-refractivity contribution is 7.90. The molecule has 10 heteroatoms. The highest BCUT2D eigenvalue weighted by Gasteiger charge is 2.19. The Hall–Kier alpha value is -2.56. The summed E-state index contributed by atoms with van der Waals surface area (Å²) in [5.41, 5.74) is 1.07. The zero-order chi connectivity index (χ0) is 25.2. The van der Waals surface area contributed by atoms with Gasteiger partial charge >= 0.3 is 18.0 Å². The van der Waals surface area contributed by atoms with E-state index in [1.54, 1.807) is 4.90 Å². The SMILES string of the molecule is CCN(CC)CCNC(=O)N(CC[S+]([O-])Cc1ccccc1)C(C)C.O=C(O)C=CC(=O)O. The van der Waals surface area contributed by atoms with E-state index in [4.69, 9.17) is 10.2 Å². The van der Waals surface area contributed by atoms with E-state index < -0.39 is 23.1 Å². The van der Waals surface area contributed by atoms with E-state index in [-0.39, 0.29) is 12.1 Å². The Bertz CT molecular complexity index is 710. The molecule has 0 heterocycles. The maximum atomic E-state index is 12.4. The Morgan fingerprint density at radius 2 is 1.58 bits per heavy atom. The first-order valence-electron chi connectivity index (χ1n) is 10.9. The fourth-order valence-corrected chi connectivity index (χ4v) is 3.84. The molecule has 1 aromatic carbocycles. The highest BCUT2D eigenvalue weighted by Crippen LogP contribution is 2.08. The summed E-state index contributed by atoms with van der Waals surface area (Å²) in [6.07, 6.45) is 1.12. The third-order valence-electron chi connectivity index (χ3n) is 4.58. The van der Waals surface area contributed by atoms with E-state index in [0.29, 0.717) is 36.7 Å². The van der Waals surface area contributed by atoms with Gasteiger partial charge in [0.1, 0.15) is 11.5 Å². The van der Waals surface area contributed by atoms with Gasteiger partial charge in [0.05, 0.1) is 6.54 Å². The average Bonchev–Trinajstić information content (AvgIpc) is 2.76. The molecular formula is C23H37N3O6S. The molecule has 0 aliphatic heterocycles. The number of likely N-dealkylation sites (N-methyl/N-ethyl adjacent to an activating group) is 1. The summed E-state index contributed by atoms with van der Waals surface area (Å²) in [6.45, 7) is 12.2. The maximum Gasteiger partial charge on any atom is 0.328 e. The first kappa shape index (κ1) is 30.4. The maximum absolute atomic E-state index is 12.4. The first-order chi connectivity index (χ1) is 15.6. The minimum absolute atomic E-state index is 0.0705. The van der Waals surface area contributed by atoms with Crippen LogP contribution in [0.1, 0.15) is 33.3 Å². The number of aliphatic carboxylic acids is 2. The first-order valence-corrected chi connectivity index (χ1v) is 12.4.